The van der Waals surface area contributed by atoms with Gasteiger partial charge in [0.2, 0.25) is 5.91 Å². The van der Waals surface area contributed by atoms with Crippen molar-refractivity contribution < 1.29 is 14.3 Å². The van der Waals surface area contributed by atoms with Crippen LogP contribution in [0.15, 0.2) is 48.9 Å². The minimum atomic E-state index is -0.580. The van der Waals surface area contributed by atoms with Crippen LogP contribution < -0.4 is 0 Å². The fraction of sp³-hybridized carbons (Fsp3) is 0.364. The van der Waals surface area contributed by atoms with Crippen LogP contribution in [0.4, 0.5) is 4.79 Å². The van der Waals surface area contributed by atoms with Crippen molar-refractivity contribution in [3.8, 4) is 0 Å². The van der Waals surface area contributed by atoms with Crippen LogP contribution in [0.3, 0.4) is 0 Å². The average molecular weight is 429 g/mol. The number of amides is 2. The lowest BCUT2D eigenvalue weighted by atomic mass is 10.0. The van der Waals surface area contributed by atoms with Gasteiger partial charge in [0.1, 0.15) is 10.8 Å². The van der Waals surface area contributed by atoms with E-state index >= 15 is 0 Å². The number of piperazine rings is 1. The molecular weight excluding hydrogens is 404 g/mol. The van der Waals surface area contributed by atoms with Gasteiger partial charge in [-0.25, -0.2) is 9.78 Å². The molecule has 2 aromatic rings. The van der Waals surface area contributed by atoms with E-state index in [0.29, 0.717) is 24.8 Å². The molecule has 7 nitrogen and oxygen atoms in total. The molecule has 0 N–H and O–H groups in total. The summed E-state index contributed by atoms with van der Waals surface area (Å²) in [5.74, 6) is -0.150. The van der Waals surface area contributed by atoms with Gasteiger partial charge >= 0.3 is 6.09 Å². The zero-order chi connectivity index (χ0) is 21.7. The fourth-order valence-corrected chi connectivity index (χ4v) is 3.26. The molecule has 0 aromatic carbocycles. The van der Waals surface area contributed by atoms with Gasteiger partial charge in [-0.3, -0.25) is 9.78 Å². The second-order valence-electron chi connectivity index (χ2n) is 8.01. The van der Waals surface area contributed by atoms with Gasteiger partial charge in [-0.2, -0.15) is 0 Å². The predicted octanol–water partition coefficient (Wildman–Crippen LogP) is 3.96. The molecule has 158 valence electrons. The number of nitrogens with zero attached hydrogens (tertiary/aromatic N) is 4. The quantitative estimate of drug-likeness (QED) is 0.546. The Morgan fingerprint density at radius 1 is 1.20 bits per heavy atom. The van der Waals surface area contributed by atoms with E-state index in [-0.39, 0.29) is 18.0 Å². The minimum absolute atomic E-state index is 0.150. The maximum atomic E-state index is 13.0. The van der Waals surface area contributed by atoms with Gasteiger partial charge in [0.15, 0.2) is 0 Å². The first-order chi connectivity index (χ1) is 14.2. The highest BCUT2D eigenvalue weighted by atomic mass is 35.5. The number of rotatable bonds is 3. The summed E-state index contributed by atoms with van der Waals surface area (Å²) in [5, 5.41) is 0.397. The van der Waals surface area contributed by atoms with E-state index in [1.54, 1.807) is 46.6 Å². The van der Waals surface area contributed by atoms with E-state index in [9.17, 15) is 9.59 Å². The summed E-state index contributed by atoms with van der Waals surface area (Å²) in [6.45, 7) is 6.62. The van der Waals surface area contributed by atoms with Crippen LogP contribution in [0.2, 0.25) is 5.15 Å². The second-order valence-corrected chi connectivity index (χ2v) is 8.39. The molecular formula is C22H25ClN4O3. The highest BCUT2D eigenvalue weighted by Gasteiger charge is 2.34. The standard InChI is InChI=1S/C22H25ClN4O3/c1-22(2,3)30-21(29)26-11-12-27(18(15-26)17-5-4-10-24-14-17)20(28)9-7-16-6-8-19(23)25-13-16/h4-10,13-14,18H,11-12,15H2,1-3H3. The molecule has 1 saturated heterocycles. The van der Waals surface area contributed by atoms with Crippen LogP contribution in [0.25, 0.3) is 6.08 Å². The third-order valence-electron chi connectivity index (χ3n) is 4.55. The van der Waals surface area contributed by atoms with E-state index in [4.69, 9.17) is 16.3 Å². The Bertz CT molecular complexity index is 910. The van der Waals surface area contributed by atoms with Crippen molar-refractivity contribution >= 4 is 29.7 Å². The number of aromatic nitrogens is 2. The molecule has 0 bridgehead atoms. The summed E-state index contributed by atoms with van der Waals surface area (Å²) in [4.78, 5) is 37.1. The Labute approximate surface area is 181 Å². The van der Waals surface area contributed by atoms with Crippen molar-refractivity contribution in [3.63, 3.8) is 0 Å². The number of carbonyl (C=O) groups excluding carboxylic acids is 2. The van der Waals surface area contributed by atoms with Crippen molar-refractivity contribution in [1.29, 1.82) is 0 Å². The third-order valence-corrected chi connectivity index (χ3v) is 4.78. The topological polar surface area (TPSA) is 75.6 Å². The van der Waals surface area contributed by atoms with Crippen molar-refractivity contribution in [2.24, 2.45) is 0 Å². The van der Waals surface area contributed by atoms with Crippen LogP contribution in [-0.4, -0.2) is 57.0 Å². The smallest absolute Gasteiger partial charge is 0.410 e. The molecule has 3 rings (SSSR count). The molecule has 30 heavy (non-hydrogen) atoms. The zero-order valence-electron chi connectivity index (χ0n) is 17.3. The molecule has 0 aliphatic carbocycles. The van der Waals surface area contributed by atoms with Gasteiger partial charge in [0.25, 0.3) is 0 Å². The predicted molar refractivity (Wildman–Crippen MR) is 115 cm³/mol. The zero-order valence-corrected chi connectivity index (χ0v) is 18.0. The van der Waals surface area contributed by atoms with Gasteiger partial charge in [-0.05, 0) is 50.1 Å². The summed E-state index contributed by atoms with van der Waals surface area (Å²) >= 11 is 5.80. The van der Waals surface area contributed by atoms with Gasteiger partial charge in [-0.1, -0.05) is 23.7 Å². The molecule has 1 fully saturated rings. The van der Waals surface area contributed by atoms with Crippen molar-refractivity contribution in [2.45, 2.75) is 32.4 Å². The second kappa shape index (κ2) is 9.26. The van der Waals surface area contributed by atoms with Crippen LogP contribution in [0, 0.1) is 0 Å². The fourth-order valence-electron chi connectivity index (χ4n) is 3.15. The first-order valence-corrected chi connectivity index (χ1v) is 10.1. The summed E-state index contributed by atoms with van der Waals surface area (Å²) < 4.78 is 5.51. The Hall–Kier alpha value is -2.93. The lowest BCUT2D eigenvalue weighted by Crippen LogP contribution is -2.53. The summed E-state index contributed by atoms with van der Waals surface area (Å²) in [5.41, 5.74) is 1.06. The van der Waals surface area contributed by atoms with E-state index in [0.717, 1.165) is 11.1 Å². The Morgan fingerprint density at radius 2 is 2.00 bits per heavy atom. The number of hydrogen-bond acceptors (Lipinski definition) is 5. The molecule has 0 radical (unpaired) electrons. The van der Waals surface area contributed by atoms with Crippen molar-refractivity contribution in [2.75, 3.05) is 19.6 Å². The molecule has 2 amide bonds. The number of ether oxygens (including phenoxy) is 1. The molecule has 0 spiro atoms. The highest BCUT2D eigenvalue weighted by molar-refractivity contribution is 6.29. The molecule has 1 atom stereocenters. The number of pyridine rings is 2. The third kappa shape index (κ3) is 5.79. The first-order valence-electron chi connectivity index (χ1n) is 9.71. The van der Waals surface area contributed by atoms with Gasteiger partial charge in [-0.15, -0.1) is 0 Å². The molecule has 2 aromatic heterocycles. The van der Waals surface area contributed by atoms with Crippen LogP contribution in [0.5, 0.6) is 0 Å². The van der Waals surface area contributed by atoms with E-state index in [1.807, 2.05) is 32.9 Å². The summed E-state index contributed by atoms with van der Waals surface area (Å²) in [6.07, 6.45) is 7.83. The highest BCUT2D eigenvalue weighted by Crippen LogP contribution is 2.26. The van der Waals surface area contributed by atoms with Crippen LogP contribution in [-0.2, 0) is 9.53 Å². The molecule has 1 unspecified atom stereocenters. The van der Waals surface area contributed by atoms with E-state index < -0.39 is 5.60 Å². The Morgan fingerprint density at radius 3 is 2.63 bits per heavy atom. The largest absolute Gasteiger partial charge is 0.444 e. The maximum absolute atomic E-state index is 13.0. The first kappa shape index (κ1) is 21.8. The van der Waals surface area contributed by atoms with Gasteiger partial charge in [0, 0.05) is 44.3 Å². The number of carbonyl (C=O) groups is 2. The lowest BCUT2D eigenvalue weighted by Gasteiger charge is -2.41. The molecule has 8 heteroatoms. The summed E-state index contributed by atoms with van der Waals surface area (Å²) in [7, 11) is 0. The average Bonchev–Trinajstić information content (AvgIpc) is 2.72. The normalized spacial score (nSPS) is 17.3. The minimum Gasteiger partial charge on any atom is -0.444 e. The molecule has 1 aliphatic heterocycles. The van der Waals surface area contributed by atoms with Gasteiger partial charge < -0.3 is 14.5 Å². The van der Waals surface area contributed by atoms with E-state index in [1.165, 1.54) is 6.08 Å². The van der Waals surface area contributed by atoms with Crippen molar-refractivity contribution in [1.82, 2.24) is 19.8 Å². The summed E-state index contributed by atoms with van der Waals surface area (Å²) in [6, 6.07) is 6.87. The van der Waals surface area contributed by atoms with Crippen LogP contribution >= 0.6 is 11.6 Å². The molecule has 1 aliphatic rings. The Kier molecular flexibility index (Phi) is 6.72. The maximum Gasteiger partial charge on any atom is 0.410 e. The number of halogens is 1. The SMILES string of the molecule is CC(C)(C)OC(=O)N1CCN(C(=O)C=Cc2ccc(Cl)nc2)C(c2cccnc2)C1. The number of hydrogen-bond donors (Lipinski definition) is 0. The van der Waals surface area contributed by atoms with Crippen molar-refractivity contribution in [3.05, 3.63) is 65.2 Å². The lowest BCUT2D eigenvalue weighted by molar-refractivity contribution is -0.131. The van der Waals surface area contributed by atoms with Gasteiger partial charge in [0.05, 0.1) is 6.04 Å². The Balaban J connectivity index is 1.78. The molecule has 3 heterocycles. The van der Waals surface area contributed by atoms with Crippen LogP contribution in [0.1, 0.15) is 37.9 Å². The molecule has 0 saturated carbocycles. The van der Waals surface area contributed by atoms with E-state index in [2.05, 4.69) is 9.97 Å². The monoisotopic (exact) mass is 428 g/mol.